The number of aryl methyl sites for hydroxylation is 1. The Labute approximate surface area is 124 Å². The molecule has 7 nitrogen and oxygen atoms in total. The Morgan fingerprint density at radius 3 is 2.81 bits per heavy atom. The summed E-state index contributed by atoms with van der Waals surface area (Å²) in [6.07, 6.45) is 3.37. The van der Waals surface area contributed by atoms with Crippen molar-refractivity contribution in [1.29, 1.82) is 0 Å². The largest absolute Gasteiger partial charge is 0.361 e. The number of hydrogen-bond acceptors (Lipinski definition) is 5. The Bertz CT molecular complexity index is 611. The van der Waals surface area contributed by atoms with Crippen LogP contribution in [0.2, 0.25) is 0 Å². The number of hydrogen-bond donors (Lipinski definition) is 0. The molecule has 0 saturated carbocycles. The van der Waals surface area contributed by atoms with Crippen LogP contribution >= 0.6 is 0 Å². The van der Waals surface area contributed by atoms with Gasteiger partial charge in [0.15, 0.2) is 0 Å². The molecular formula is C13H21N3O4S. The van der Waals surface area contributed by atoms with E-state index in [0.29, 0.717) is 31.0 Å². The number of nitrogens with zero attached hydrogens (tertiary/aromatic N) is 3. The molecule has 1 saturated heterocycles. The lowest BCUT2D eigenvalue weighted by Crippen LogP contribution is -2.51. The van der Waals surface area contributed by atoms with Crippen molar-refractivity contribution in [2.24, 2.45) is 0 Å². The van der Waals surface area contributed by atoms with Gasteiger partial charge in [0.05, 0.1) is 12.8 Å². The summed E-state index contributed by atoms with van der Waals surface area (Å²) in [6.45, 7) is 2.50. The first kappa shape index (κ1) is 16.0. The molecule has 0 N–H and O–H groups in total. The van der Waals surface area contributed by atoms with E-state index in [1.165, 1.54) is 9.21 Å². The number of amides is 1. The Morgan fingerprint density at radius 2 is 2.24 bits per heavy atom. The first-order valence-electron chi connectivity index (χ1n) is 6.93. The molecule has 0 spiro atoms. The zero-order chi connectivity index (χ0) is 15.6. The normalized spacial score (nSPS) is 20.4. The van der Waals surface area contributed by atoms with Gasteiger partial charge in [-0.2, -0.15) is 4.31 Å². The highest BCUT2D eigenvalue weighted by molar-refractivity contribution is 7.88. The van der Waals surface area contributed by atoms with Crippen molar-refractivity contribution in [3.05, 3.63) is 17.5 Å². The monoisotopic (exact) mass is 315 g/mol. The summed E-state index contributed by atoms with van der Waals surface area (Å²) >= 11 is 0. The van der Waals surface area contributed by atoms with Crippen LogP contribution in [0.4, 0.5) is 0 Å². The molecule has 8 heteroatoms. The van der Waals surface area contributed by atoms with Gasteiger partial charge in [-0.15, -0.1) is 0 Å². The number of rotatable bonds is 4. The summed E-state index contributed by atoms with van der Waals surface area (Å²) in [4.78, 5) is 14.0. The first-order chi connectivity index (χ1) is 9.79. The number of aromatic nitrogens is 1. The lowest BCUT2D eigenvalue weighted by atomic mass is 10.0. The van der Waals surface area contributed by atoms with E-state index in [0.717, 1.165) is 19.1 Å². The zero-order valence-electron chi connectivity index (χ0n) is 12.6. The van der Waals surface area contributed by atoms with Crippen LogP contribution in [0.1, 0.15) is 30.7 Å². The minimum absolute atomic E-state index is 0.194. The molecule has 0 aliphatic carbocycles. The molecule has 21 heavy (non-hydrogen) atoms. The molecule has 2 heterocycles. The number of piperidine rings is 1. The standard InChI is InChI=1S/C13H21N3O4S/c1-10-8-11(14-20-10)9-15(2)13(17)12-6-4-5-7-16(12)21(3,18)19/h8,12H,4-7,9H2,1-3H3. The van der Waals surface area contributed by atoms with Crippen LogP contribution in [-0.4, -0.2) is 54.6 Å². The van der Waals surface area contributed by atoms with E-state index in [-0.39, 0.29) is 5.91 Å². The molecule has 1 aromatic heterocycles. The molecule has 1 aromatic rings. The first-order valence-corrected chi connectivity index (χ1v) is 8.78. The van der Waals surface area contributed by atoms with Gasteiger partial charge in [-0.3, -0.25) is 4.79 Å². The maximum atomic E-state index is 12.5. The van der Waals surface area contributed by atoms with E-state index in [2.05, 4.69) is 5.16 Å². The molecule has 2 rings (SSSR count). The highest BCUT2D eigenvalue weighted by Crippen LogP contribution is 2.22. The predicted molar refractivity (Wildman–Crippen MR) is 76.9 cm³/mol. The second-order valence-electron chi connectivity index (χ2n) is 5.51. The van der Waals surface area contributed by atoms with E-state index in [1.54, 1.807) is 20.0 Å². The molecule has 118 valence electrons. The van der Waals surface area contributed by atoms with Gasteiger partial charge in [0.2, 0.25) is 15.9 Å². The molecule has 1 fully saturated rings. The Kier molecular flexibility index (Phi) is 4.67. The van der Waals surface area contributed by atoms with Gasteiger partial charge >= 0.3 is 0 Å². The second kappa shape index (κ2) is 6.15. The van der Waals surface area contributed by atoms with Gasteiger partial charge in [-0.25, -0.2) is 8.42 Å². The summed E-state index contributed by atoms with van der Waals surface area (Å²) in [5.74, 6) is 0.488. The minimum Gasteiger partial charge on any atom is -0.361 e. The lowest BCUT2D eigenvalue weighted by Gasteiger charge is -2.34. The van der Waals surface area contributed by atoms with Gasteiger partial charge in [-0.05, 0) is 19.8 Å². The second-order valence-corrected chi connectivity index (χ2v) is 7.44. The van der Waals surface area contributed by atoms with Crippen molar-refractivity contribution in [3.63, 3.8) is 0 Å². The van der Waals surface area contributed by atoms with Gasteiger partial charge in [0, 0.05) is 19.7 Å². The average molecular weight is 315 g/mol. The third-order valence-corrected chi connectivity index (χ3v) is 4.91. The summed E-state index contributed by atoms with van der Waals surface area (Å²) in [7, 11) is -1.72. The molecule has 0 aromatic carbocycles. The molecule has 0 radical (unpaired) electrons. The molecule has 1 amide bonds. The average Bonchev–Trinajstić information content (AvgIpc) is 2.82. The van der Waals surface area contributed by atoms with Crippen LogP contribution < -0.4 is 0 Å². The van der Waals surface area contributed by atoms with E-state index >= 15 is 0 Å². The Morgan fingerprint density at radius 1 is 1.52 bits per heavy atom. The summed E-state index contributed by atoms with van der Waals surface area (Å²) in [5, 5.41) is 3.85. The highest BCUT2D eigenvalue weighted by Gasteiger charge is 2.36. The van der Waals surface area contributed by atoms with Crippen LogP contribution in [0, 0.1) is 6.92 Å². The quantitative estimate of drug-likeness (QED) is 0.819. The third-order valence-electron chi connectivity index (χ3n) is 3.62. The predicted octanol–water partition coefficient (Wildman–Crippen LogP) is 0.756. The third kappa shape index (κ3) is 3.82. The lowest BCUT2D eigenvalue weighted by molar-refractivity contribution is -0.135. The SMILES string of the molecule is Cc1cc(CN(C)C(=O)C2CCCCN2S(C)(=O)=O)no1. The topological polar surface area (TPSA) is 83.7 Å². The molecular weight excluding hydrogens is 294 g/mol. The highest BCUT2D eigenvalue weighted by atomic mass is 32.2. The molecule has 1 atom stereocenters. The van der Waals surface area contributed by atoms with E-state index < -0.39 is 16.1 Å². The smallest absolute Gasteiger partial charge is 0.241 e. The van der Waals surface area contributed by atoms with Crippen molar-refractivity contribution in [2.75, 3.05) is 19.8 Å². The minimum atomic E-state index is -3.37. The van der Waals surface area contributed by atoms with Crippen LogP contribution in [-0.2, 0) is 21.4 Å². The van der Waals surface area contributed by atoms with Crippen LogP contribution in [0.5, 0.6) is 0 Å². The maximum absolute atomic E-state index is 12.5. The van der Waals surface area contributed by atoms with E-state index in [4.69, 9.17) is 4.52 Å². The Hall–Kier alpha value is -1.41. The maximum Gasteiger partial charge on any atom is 0.241 e. The fourth-order valence-corrected chi connectivity index (χ4v) is 3.74. The van der Waals surface area contributed by atoms with Crippen LogP contribution in [0.15, 0.2) is 10.6 Å². The van der Waals surface area contributed by atoms with E-state index in [1.807, 2.05) is 0 Å². The van der Waals surface area contributed by atoms with E-state index in [9.17, 15) is 13.2 Å². The van der Waals surface area contributed by atoms with Gasteiger partial charge < -0.3 is 9.42 Å². The van der Waals surface area contributed by atoms with Gasteiger partial charge in [0.25, 0.3) is 0 Å². The Balaban J connectivity index is 2.09. The van der Waals surface area contributed by atoms with Crippen LogP contribution in [0.25, 0.3) is 0 Å². The molecule has 1 aliphatic rings. The van der Waals surface area contributed by atoms with Crippen molar-refractivity contribution in [3.8, 4) is 0 Å². The number of likely N-dealkylation sites (N-methyl/N-ethyl adjacent to an activating group) is 1. The van der Waals surface area contributed by atoms with Crippen molar-refractivity contribution in [1.82, 2.24) is 14.4 Å². The number of carbonyl (C=O) groups excluding carboxylic acids is 1. The molecule has 1 aliphatic heterocycles. The van der Waals surface area contributed by atoms with Crippen molar-refractivity contribution >= 4 is 15.9 Å². The van der Waals surface area contributed by atoms with Crippen molar-refractivity contribution < 1.29 is 17.7 Å². The number of sulfonamides is 1. The zero-order valence-corrected chi connectivity index (χ0v) is 13.4. The summed E-state index contributed by atoms with van der Waals surface area (Å²) in [5.41, 5.74) is 0.657. The van der Waals surface area contributed by atoms with Crippen molar-refractivity contribution in [2.45, 2.75) is 38.8 Å². The van der Waals surface area contributed by atoms with Crippen LogP contribution in [0.3, 0.4) is 0 Å². The fraction of sp³-hybridized carbons (Fsp3) is 0.692. The molecule has 1 unspecified atom stereocenters. The molecule has 0 bridgehead atoms. The fourth-order valence-electron chi connectivity index (χ4n) is 2.62. The summed E-state index contributed by atoms with van der Waals surface area (Å²) < 4.78 is 29.9. The summed E-state index contributed by atoms with van der Waals surface area (Å²) in [6, 6.07) is 1.16. The number of carbonyl (C=O) groups is 1. The van der Waals surface area contributed by atoms with Gasteiger partial charge in [-0.1, -0.05) is 11.6 Å². The van der Waals surface area contributed by atoms with Gasteiger partial charge in [0.1, 0.15) is 17.5 Å².